The monoisotopic (exact) mass is 423 g/mol. The molecule has 1 atom stereocenters. The largest absolute Gasteiger partial charge is 0.486 e. The molecule has 8 nitrogen and oxygen atoms in total. The molecule has 2 aromatic carbocycles. The van der Waals surface area contributed by atoms with E-state index in [1.165, 1.54) is 0 Å². The lowest BCUT2D eigenvalue weighted by atomic mass is 9.91. The average molecular weight is 423 g/mol. The quantitative estimate of drug-likeness (QED) is 0.721. The highest BCUT2D eigenvalue weighted by atomic mass is 16.6. The molecule has 4 rings (SSSR count). The van der Waals surface area contributed by atoms with E-state index < -0.39 is 23.4 Å². The first-order valence-corrected chi connectivity index (χ1v) is 10.3. The Morgan fingerprint density at radius 2 is 1.90 bits per heavy atom. The summed E-state index contributed by atoms with van der Waals surface area (Å²) in [6.45, 7) is 6.03. The SMILES string of the molecule is CCc1cccc(C)c1NC(=O)CN1C(=O)NC(C)(c2ccc3c(c2)OCCO3)C1=O. The van der Waals surface area contributed by atoms with Crippen molar-refractivity contribution in [3.8, 4) is 11.5 Å². The molecule has 4 amide bonds. The van der Waals surface area contributed by atoms with Gasteiger partial charge in [0.25, 0.3) is 5.91 Å². The van der Waals surface area contributed by atoms with Crippen LogP contribution in [0.5, 0.6) is 11.5 Å². The fraction of sp³-hybridized carbons (Fsp3) is 0.348. The van der Waals surface area contributed by atoms with Crippen LogP contribution in [0.3, 0.4) is 0 Å². The first-order chi connectivity index (χ1) is 14.8. The summed E-state index contributed by atoms with van der Waals surface area (Å²) in [6.07, 6.45) is 0.753. The molecule has 0 radical (unpaired) electrons. The Balaban J connectivity index is 1.53. The highest BCUT2D eigenvalue weighted by Crippen LogP contribution is 2.36. The van der Waals surface area contributed by atoms with Crippen LogP contribution in [0, 0.1) is 6.92 Å². The minimum absolute atomic E-state index is 0.373. The Hall–Kier alpha value is -3.55. The molecule has 2 aliphatic rings. The van der Waals surface area contributed by atoms with E-state index in [2.05, 4.69) is 10.6 Å². The van der Waals surface area contributed by atoms with Crippen molar-refractivity contribution in [1.82, 2.24) is 10.2 Å². The third-order valence-corrected chi connectivity index (χ3v) is 5.70. The second-order valence-electron chi connectivity index (χ2n) is 7.82. The molecule has 0 aliphatic carbocycles. The maximum Gasteiger partial charge on any atom is 0.325 e. The minimum Gasteiger partial charge on any atom is -0.486 e. The first-order valence-electron chi connectivity index (χ1n) is 10.3. The predicted molar refractivity (Wildman–Crippen MR) is 114 cm³/mol. The topological polar surface area (TPSA) is 97.0 Å². The van der Waals surface area contributed by atoms with Crippen molar-refractivity contribution in [1.29, 1.82) is 0 Å². The molecule has 0 bridgehead atoms. The van der Waals surface area contributed by atoms with Crippen LogP contribution in [-0.4, -0.2) is 42.5 Å². The van der Waals surface area contributed by atoms with Crippen LogP contribution in [0.1, 0.15) is 30.5 Å². The number of para-hydroxylation sites is 1. The molecule has 0 saturated carbocycles. The number of aryl methyl sites for hydroxylation is 2. The number of hydrogen-bond donors (Lipinski definition) is 2. The predicted octanol–water partition coefficient (Wildman–Crippen LogP) is 2.73. The summed E-state index contributed by atoms with van der Waals surface area (Å²) in [5.74, 6) is 0.190. The number of benzene rings is 2. The summed E-state index contributed by atoms with van der Waals surface area (Å²) in [6, 6.07) is 10.3. The maximum absolute atomic E-state index is 13.2. The summed E-state index contributed by atoms with van der Waals surface area (Å²) in [5.41, 5.74) is 1.89. The van der Waals surface area contributed by atoms with Crippen LogP contribution in [0.25, 0.3) is 0 Å². The first kappa shape index (κ1) is 20.7. The number of fused-ring (bicyclic) bond motifs is 1. The van der Waals surface area contributed by atoms with Gasteiger partial charge in [0, 0.05) is 5.69 Å². The molecule has 1 saturated heterocycles. The van der Waals surface area contributed by atoms with Gasteiger partial charge in [-0.1, -0.05) is 31.2 Å². The minimum atomic E-state index is -1.30. The van der Waals surface area contributed by atoms with Crippen molar-refractivity contribution in [3.05, 3.63) is 53.1 Å². The molecule has 31 heavy (non-hydrogen) atoms. The average Bonchev–Trinajstić information content (AvgIpc) is 2.98. The van der Waals surface area contributed by atoms with Crippen molar-refractivity contribution >= 4 is 23.5 Å². The van der Waals surface area contributed by atoms with Crippen molar-refractivity contribution in [2.75, 3.05) is 25.1 Å². The van der Waals surface area contributed by atoms with E-state index in [1.807, 2.05) is 32.0 Å². The second-order valence-corrected chi connectivity index (χ2v) is 7.82. The molecule has 0 aromatic heterocycles. The van der Waals surface area contributed by atoms with E-state index >= 15 is 0 Å². The summed E-state index contributed by atoms with van der Waals surface area (Å²) < 4.78 is 11.1. The number of carbonyl (C=O) groups is 3. The Kier molecular flexibility index (Phi) is 5.31. The van der Waals surface area contributed by atoms with E-state index in [0.29, 0.717) is 30.3 Å². The van der Waals surface area contributed by atoms with Crippen LogP contribution in [0.15, 0.2) is 36.4 Å². The summed E-state index contributed by atoms with van der Waals surface area (Å²) >= 11 is 0. The van der Waals surface area contributed by atoms with Gasteiger partial charge in [0.05, 0.1) is 0 Å². The number of rotatable bonds is 5. The Labute approximate surface area is 180 Å². The number of nitrogens with one attached hydrogen (secondary N) is 2. The van der Waals surface area contributed by atoms with Gasteiger partial charge in [0.2, 0.25) is 5.91 Å². The van der Waals surface area contributed by atoms with Crippen LogP contribution in [-0.2, 0) is 21.5 Å². The highest BCUT2D eigenvalue weighted by molar-refractivity contribution is 6.10. The van der Waals surface area contributed by atoms with Crippen LogP contribution in [0.2, 0.25) is 0 Å². The number of urea groups is 1. The number of ether oxygens (including phenoxy) is 2. The van der Waals surface area contributed by atoms with Gasteiger partial charge >= 0.3 is 6.03 Å². The van der Waals surface area contributed by atoms with Gasteiger partial charge in [-0.2, -0.15) is 0 Å². The number of nitrogens with zero attached hydrogens (tertiary/aromatic N) is 1. The van der Waals surface area contributed by atoms with Crippen molar-refractivity contribution in [3.63, 3.8) is 0 Å². The van der Waals surface area contributed by atoms with Crippen LogP contribution in [0.4, 0.5) is 10.5 Å². The van der Waals surface area contributed by atoms with Gasteiger partial charge in [-0.05, 0) is 49.1 Å². The van der Waals surface area contributed by atoms with Gasteiger partial charge < -0.3 is 20.1 Å². The fourth-order valence-corrected chi connectivity index (χ4v) is 3.92. The molecule has 162 valence electrons. The number of carbonyl (C=O) groups excluding carboxylic acids is 3. The van der Waals surface area contributed by atoms with Crippen molar-refractivity contribution in [2.24, 2.45) is 0 Å². The third kappa shape index (κ3) is 3.69. The fourth-order valence-electron chi connectivity index (χ4n) is 3.92. The lowest BCUT2D eigenvalue weighted by molar-refractivity contribution is -0.133. The molecule has 2 aromatic rings. The smallest absolute Gasteiger partial charge is 0.325 e. The van der Waals surface area contributed by atoms with E-state index in [9.17, 15) is 14.4 Å². The summed E-state index contributed by atoms with van der Waals surface area (Å²) in [7, 11) is 0. The Morgan fingerprint density at radius 3 is 2.65 bits per heavy atom. The number of imide groups is 1. The molecular formula is C23H25N3O5. The Bertz CT molecular complexity index is 1070. The maximum atomic E-state index is 13.2. The molecular weight excluding hydrogens is 398 g/mol. The van der Waals surface area contributed by atoms with Crippen LogP contribution >= 0.6 is 0 Å². The normalized spacial score (nSPS) is 19.9. The molecule has 0 spiro atoms. The van der Waals surface area contributed by atoms with Gasteiger partial charge in [-0.15, -0.1) is 0 Å². The van der Waals surface area contributed by atoms with E-state index in [-0.39, 0.29) is 6.54 Å². The number of anilines is 1. The zero-order valence-electron chi connectivity index (χ0n) is 17.8. The van der Waals surface area contributed by atoms with Crippen LogP contribution < -0.4 is 20.1 Å². The van der Waals surface area contributed by atoms with Gasteiger partial charge in [0.1, 0.15) is 25.3 Å². The van der Waals surface area contributed by atoms with E-state index in [4.69, 9.17) is 9.47 Å². The van der Waals surface area contributed by atoms with Gasteiger partial charge in [-0.3, -0.25) is 14.5 Å². The lowest BCUT2D eigenvalue weighted by Gasteiger charge is -2.25. The molecule has 1 fully saturated rings. The zero-order chi connectivity index (χ0) is 22.2. The highest BCUT2D eigenvalue weighted by Gasteiger charge is 2.49. The second kappa shape index (κ2) is 7.94. The lowest BCUT2D eigenvalue weighted by Crippen LogP contribution is -2.42. The van der Waals surface area contributed by atoms with Crippen molar-refractivity contribution < 1.29 is 23.9 Å². The van der Waals surface area contributed by atoms with Gasteiger partial charge in [0.15, 0.2) is 11.5 Å². The number of hydrogen-bond acceptors (Lipinski definition) is 5. The summed E-state index contributed by atoms with van der Waals surface area (Å²) in [5, 5.41) is 5.57. The molecule has 2 aliphatic heterocycles. The number of amides is 4. The molecule has 1 unspecified atom stereocenters. The molecule has 2 N–H and O–H groups in total. The zero-order valence-corrected chi connectivity index (χ0v) is 17.8. The third-order valence-electron chi connectivity index (χ3n) is 5.70. The molecule has 2 heterocycles. The molecule has 8 heteroatoms. The summed E-state index contributed by atoms with van der Waals surface area (Å²) in [4.78, 5) is 39.4. The standard InChI is InChI=1S/C23H25N3O5/c1-4-15-7-5-6-14(2)20(15)24-19(27)13-26-21(28)23(3,25-22(26)29)16-8-9-17-18(12-16)31-11-10-30-17/h5-9,12H,4,10-11,13H2,1-3H3,(H,24,27)(H,25,29). The Morgan fingerprint density at radius 1 is 1.16 bits per heavy atom. The van der Waals surface area contributed by atoms with E-state index in [1.54, 1.807) is 25.1 Å². The van der Waals surface area contributed by atoms with Gasteiger partial charge in [-0.25, -0.2) is 4.79 Å². The van der Waals surface area contributed by atoms with Crippen molar-refractivity contribution in [2.45, 2.75) is 32.7 Å². The van der Waals surface area contributed by atoms with E-state index in [0.717, 1.165) is 28.1 Å².